The van der Waals surface area contributed by atoms with Gasteiger partial charge in [-0.1, -0.05) is 41.9 Å². The molecule has 5 nitrogen and oxygen atoms in total. The van der Waals surface area contributed by atoms with Crippen LogP contribution in [-0.2, 0) is 21.9 Å². The van der Waals surface area contributed by atoms with Gasteiger partial charge >= 0.3 is 0 Å². The molecule has 4 rings (SSSR count). The largest absolute Gasteiger partial charge is 0.496 e. The molecule has 2 aromatic carbocycles. The van der Waals surface area contributed by atoms with E-state index in [1.54, 1.807) is 49.8 Å². The molecular formula is C23H18ClNO4S. The Hall–Kier alpha value is -2.96. The third kappa shape index (κ3) is 4.01. The van der Waals surface area contributed by atoms with E-state index in [0.29, 0.717) is 32.6 Å². The first-order valence-corrected chi connectivity index (χ1v) is 10.6. The van der Waals surface area contributed by atoms with Gasteiger partial charge in [-0.3, -0.25) is 14.5 Å². The van der Waals surface area contributed by atoms with Crippen LogP contribution in [0, 0.1) is 0 Å². The Balaban J connectivity index is 1.68. The number of carbonyl (C=O) groups is 2. The Morgan fingerprint density at radius 3 is 2.47 bits per heavy atom. The fraction of sp³-hybridized carbons (Fsp3) is 0.130. The highest BCUT2D eigenvalue weighted by Crippen LogP contribution is 2.39. The number of methoxy groups -OCH3 is 1. The predicted octanol–water partition coefficient (Wildman–Crippen LogP) is 5.16. The van der Waals surface area contributed by atoms with Gasteiger partial charge < -0.3 is 9.15 Å². The Morgan fingerprint density at radius 1 is 1.00 bits per heavy atom. The molecule has 1 aliphatic heterocycles. The van der Waals surface area contributed by atoms with E-state index in [4.69, 9.17) is 20.8 Å². The Morgan fingerprint density at radius 2 is 1.77 bits per heavy atom. The molecule has 0 unspecified atom stereocenters. The van der Waals surface area contributed by atoms with Gasteiger partial charge in [0.1, 0.15) is 11.5 Å². The van der Waals surface area contributed by atoms with E-state index in [1.807, 2.05) is 24.3 Å². The predicted molar refractivity (Wildman–Crippen MR) is 117 cm³/mol. The van der Waals surface area contributed by atoms with Crippen molar-refractivity contribution in [2.75, 3.05) is 7.11 Å². The van der Waals surface area contributed by atoms with Crippen molar-refractivity contribution in [2.45, 2.75) is 12.3 Å². The number of para-hydroxylation sites is 1. The van der Waals surface area contributed by atoms with Gasteiger partial charge in [0.25, 0.3) is 11.8 Å². The zero-order valence-electron chi connectivity index (χ0n) is 16.1. The number of imide groups is 1. The molecule has 7 heteroatoms. The lowest BCUT2D eigenvalue weighted by Gasteiger charge is -2.17. The molecule has 152 valence electrons. The van der Waals surface area contributed by atoms with Crippen molar-refractivity contribution < 1.29 is 18.7 Å². The third-order valence-electron chi connectivity index (χ3n) is 4.72. The highest BCUT2D eigenvalue weighted by atomic mass is 35.5. The smallest absolute Gasteiger partial charge is 0.268 e. The number of thioether (sulfide) groups is 1. The standard InChI is InChI=1S/C23H18ClNO4S/c1-28-19-7-3-2-5-16(19)13-25-22(26)20(15-8-10-17(24)11-9-15)21(23(25)27)30-14-18-6-4-12-29-18/h2-12H,13-14H2,1H3. The number of nitrogens with zero attached hydrogens (tertiary/aromatic N) is 1. The zero-order valence-corrected chi connectivity index (χ0v) is 17.7. The van der Waals surface area contributed by atoms with Gasteiger partial charge in [0.15, 0.2) is 0 Å². The number of carbonyl (C=O) groups excluding carboxylic acids is 2. The number of amides is 2. The van der Waals surface area contributed by atoms with E-state index in [-0.39, 0.29) is 18.4 Å². The summed E-state index contributed by atoms with van der Waals surface area (Å²) >= 11 is 7.30. The number of rotatable bonds is 7. The van der Waals surface area contributed by atoms with Gasteiger partial charge in [-0.2, -0.15) is 0 Å². The highest BCUT2D eigenvalue weighted by molar-refractivity contribution is 8.03. The lowest BCUT2D eigenvalue weighted by molar-refractivity contribution is -0.137. The van der Waals surface area contributed by atoms with Crippen LogP contribution in [0.1, 0.15) is 16.9 Å². The SMILES string of the molecule is COc1ccccc1CN1C(=O)C(SCc2ccco2)=C(c2ccc(Cl)cc2)C1=O. The van der Waals surface area contributed by atoms with Crippen LogP contribution in [0.5, 0.6) is 5.75 Å². The second-order valence-corrected chi connectivity index (χ2v) is 8.01. The van der Waals surface area contributed by atoms with Crippen LogP contribution in [0.15, 0.2) is 76.2 Å². The van der Waals surface area contributed by atoms with Crippen molar-refractivity contribution in [3.63, 3.8) is 0 Å². The Kier molecular flexibility index (Phi) is 5.97. The van der Waals surface area contributed by atoms with E-state index >= 15 is 0 Å². The number of ether oxygens (including phenoxy) is 1. The Bertz CT molecular complexity index is 1110. The summed E-state index contributed by atoms with van der Waals surface area (Å²) in [4.78, 5) is 28.2. The van der Waals surface area contributed by atoms with Crippen LogP contribution in [0.3, 0.4) is 0 Å². The van der Waals surface area contributed by atoms with E-state index in [1.165, 1.54) is 16.7 Å². The monoisotopic (exact) mass is 439 g/mol. The maximum Gasteiger partial charge on any atom is 0.268 e. The summed E-state index contributed by atoms with van der Waals surface area (Å²) in [5.74, 6) is 1.14. The van der Waals surface area contributed by atoms with Crippen LogP contribution < -0.4 is 4.74 Å². The summed E-state index contributed by atoms with van der Waals surface area (Å²) in [5, 5.41) is 0.562. The van der Waals surface area contributed by atoms with Gasteiger partial charge in [0.2, 0.25) is 0 Å². The van der Waals surface area contributed by atoms with Crippen molar-refractivity contribution in [1.29, 1.82) is 0 Å². The van der Waals surface area contributed by atoms with Crippen molar-refractivity contribution in [2.24, 2.45) is 0 Å². The van der Waals surface area contributed by atoms with Crippen molar-refractivity contribution in [3.8, 4) is 5.75 Å². The summed E-state index contributed by atoms with van der Waals surface area (Å²) in [6.07, 6.45) is 1.58. The van der Waals surface area contributed by atoms with Crippen molar-refractivity contribution in [1.82, 2.24) is 4.90 Å². The zero-order chi connectivity index (χ0) is 21.1. The first-order chi connectivity index (χ1) is 14.6. The van der Waals surface area contributed by atoms with E-state index in [0.717, 1.165) is 11.3 Å². The average Bonchev–Trinajstić information content (AvgIpc) is 3.36. The molecule has 0 aliphatic carbocycles. The minimum atomic E-state index is -0.338. The van der Waals surface area contributed by atoms with Crippen molar-refractivity contribution >= 4 is 40.8 Å². The number of halogens is 1. The number of hydrogen-bond donors (Lipinski definition) is 0. The first kappa shape index (κ1) is 20.3. The van der Waals surface area contributed by atoms with Gasteiger partial charge in [0.05, 0.1) is 36.1 Å². The molecule has 0 radical (unpaired) electrons. The second-order valence-electron chi connectivity index (χ2n) is 6.59. The topological polar surface area (TPSA) is 59.8 Å². The lowest BCUT2D eigenvalue weighted by atomic mass is 10.1. The molecular weight excluding hydrogens is 422 g/mol. The molecule has 0 spiro atoms. The number of benzene rings is 2. The van der Waals surface area contributed by atoms with Crippen LogP contribution in [0.2, 0.25) is 5.02 Å². The molecule has 2 amide bonds. The van der Waals surface area contributed by atoms with Gasteiger partial charge in [-0.15, -0.1) is 11.8 Å². The Labute approximate surface area is 183 Å². The molecule has 2 heterocycles. The molecule has 1 aromatic heterocycles. The lowest BCUT2D eigenvalue weighted by Crippen LogP contribution is -2.31. The molecule has 0 atom stereocenters. The number of furan rings is 1. The molecule has 0 saturated carbocycles. The van der Waals surface area contributed by atoms with Crippen LogP contribution in [-0.4, -0.2) is 23.8 Å². The van der Waals surface area contributed by atoms with Crippen LogP contribution in [0.25, 0.3) is 5.57 Å². The minimum Gasteiger partial charge on any atom is -0.496 e. The van der Waals surface area contributed by atoms with E-state index < -0.39 is 0 Å². The number of hydrogen-bond acceptors (Lipinski definition) is 5. The van der Waals surface area contributed by atoms with Crippen molar-refractivity contribution in [3.05, 3.63) is 93.7 Å². The van der Waals surface area contributed by atoms with Gasteiger partial charge in [-0.05, 0) is 35.9 Å². The molecule has 0 saturated heterocycles. The molecule has 0 fully saturated rings. The van der Waals surface area contributed by atoms with Crippen LogP contribution in [0.4, 0.5) is 0 Å². The molecule has 30 heavy (non-hydrogen) atoms. The second kappa shape index (κ2) is 8.81. The third-order valence-corrected chi connectivity index (χ3v) is 6.07. The average molecular weight is 440 g/mol. The molecule has 1 aliphatic rings. The van der Waals surface area contributed by atoms with Gasteiger partial charge in [-0.25, -0.2) is 0 Å². The van der Waals surface area contributed by atoms with Crippen LogP contribution >= 0.6 is 23.4 Å². The minimum absolute atomic E-state index is 0.129. The molecule has 0 N–H and O–H groups in total. The summed E-state index contributed by atoms with van der Waals surface area (Å²) in [6, 6.07) is 17.9. The maximum absolute atomic E-state index is 13.3. The van der Waals surface area contributed by atoms with E-state index in [9.17, 15) is 9.59 Å². The van der Waals surface area contributed by atoms with Gasteiger partial charge in [0, 0.05) is 10.6 Å². The highest BCUT2D eigenvalue weighted by Gasteiger charge is 2.39. The summed E-state index contributed by atoms with van der Waals surface area (Å²) in [7, 11) is 1.56. The maximum atomic E-state index is 13.3. The summed E-state index contributed by atoms with van der Waals surface area (Å²) in [6.45, 7) is 0.129. The quantitative estimate of drug-likeness (QED) is 0.476. The fourth-order valence-electron chi connectivity index (χ4n) is 3.24. The molecule has 0 bridgehead atoms. The normalized spacial score (nSPS) is 14.0. The van der Waals surface area contributed by atoms with E-state index in [2.05, 4.69) is 0 Å². The molecule has 3 aromatic rings. The fourth-order valence-corrected chi connectivity index (χ4v) is 4.40. The summed E-state index contributed by atoms with van der Waals surface area (Å²) in [5.41, 5.74) is 1.79. The summed E-state index contributed by atoms with van der Waals surface area (Å²) < 4.78 is 10.8. The first-order valence-electron chi connectivity index (χ1n) is 9.22.